The van der Waals surface area contributed by atoms with Crippen LogP contribution >= 0.6 is 0 Å². The third kappa shape index (κ3) is 3.44. The molecule has 3 heteroatoms. The molecule has 0 spiro atoms. The zero-order valence-electron chi connectivity index (χ0n) is 10.5. The smallest absolute Gasteiger partial charge is 0.0707 e. The van der Waals surface area contributed by atoms with E-state index in [1.807, 2.05) is 0 Å². The van der Waals surface area contributed by atoms with Crippen molar-refractivity contribution in [2.75, 3.05) is 26.2 Å². The molecule has 0 bridgehead atoms. The lowest BCUT2D eigenvalue weighted by atomic mass is 10.0. The lowest BCUT2D eigenvalue weighted by molar-refractivity contribution is 0.0276. The van der Waals surface area contributed by atoms with Crippen LogP contribution in [-0.2, 0) is 4.74 Å². The van der Waals surface area contributed by atoms with E-state index in [0.717, 1.165) is 18.9 Å². The van der Waals surface area contributed by atoms with Crippen LogP contribution in [0.2, 0.25) is 0 Å². The van der Waals surface area contributed by atoms with Gasteiger partial charge in [0.1, 0.15) is 0 Å². The number of rotatable bonds is 3. The van der Waals surface area contributed by atoms with Gasteiger partial charge >= 0.3 is 0 Å². The molecule has 3 atom stereocenters. The standard InChI is InChI=1S/C13H26N2O/c1-11-3-2-7-15(8-6-11)10-13-5-4-12(9-14)16-13/h11-13H,2-10,14H2,1H3. The average Bonchev–Trinajstić information content (AvgIpc) is 2.63. The van der Waals surface area contributed by atoms with Gasteiger partial charge in [0.15, 0.2) is 0 Å². The van der Waals surface area contributed by atoms with E-state index in [1.54, 1.807) is 0 Å². The normalized spacial score (nSPS) is 37.5. The van der Waals surface area contributed by atoms with Crippen LogP contribution < -0.4 is 5.73 Å². The van der Waals surface area contributed by atoms with Gasteiger partial charge in [-0.1, -0.05) is 6.92 Å². The Hall–Kier alpha value is -0.120. The fraction of sp³-hybridized carbons (Fsp3) is 1.00. The van der Waals surface area contributed by atoms with Crippen molar-refractivity contribution in [2.24, 2.45) is 11.7 Å². The number of likely N-dealkylation sites (tertiary alicyclic amines) is 1. The molecule has 2 aliphatic heterocycles. The van der Waals surface area contributed by atoms with Crippen molar-refractivity contribution in [2.45, 2.75) is 51.2 Å². The largest absolute Gasteiger partial charge is 0.372 e. The summed E-state index contributed by atoms with van der Waals surface area (Å²) >= 11 is 0. The molecule has 0 saturated carbocycles. The molecular weight excluding hydrogens is 200 g/mol. The van der Waals surface area contributed by atoms with Crippen LogP contribution in [0.25, 0.3) is 0 Å². The van der Waals surface area contributed by atoms with Crippen molar-refractivity contribution in [1.29, 1.82) is 0 Å². The molecule has 0 amide bonds. The van der Waals surface area contributed by atoms with Crippen LogP contribution in [0.4, 0.5) is 0 Å². The highest BCUT2D eigenvalue weighted by Crippen LogP contribution is 2.22. The first-order chi connectivity index (χ1) is 7.78. The number of nitrogens with zero attached hydrogens (tertiary/aromatic N) is 1. The summed E-state index contributed by atoms with van der Waals surface area (Å²) < 4.78 is 5.91. The van der Waals surface area contributed by atoms with Crippen molar-refractivity contribution in [3.05, 3.63) is 0 Å². The van der Waals surface area contributed by atoms with Crippen LogP contribution in [0, 0.1) is 5.92 Å². The maximum absolute atomic E-state index is 5.91. The molecule has 3 unspecified atom stereocenters. The third-order valence-corrected chi connectivity index (χ3v) is 4.03. The Morgan fingerprint density at radius 2 is 1.94 bits per heavy atom. The molecule has 94 valence electrons. The van der Waals surface area contributed by atoms with Gasteiger partial charge in [0, 0.05) is 13.1 Å². The van der Waals surface area contributed by atoms with Gasteiger partial charge in [0.25, 0.3) is 0 Å². The molecule has 2 aliphatic rings. The highest BCUT2D eigenvalue weighted by molar-refractivity contribution is 4.78. The van der Waals surface area contributed by atoms with Crippen molar-refractivity contribution in [3.8, 4) is 0 Å². The molecule has 3 nitrogen and oxygen atoms in total. The number of hydrogen-bond acceptors (Lipinski definition) is 3. The minimum absolute atomic E-state index is 0.330. The number of nitrogens with two attached hydrogens (primary N) is 1. The van der Waals surface area contributed by atoms with Gasteiger partial charge < -0.3 is 15.4 Å². The van der Waals surface area contributed by atoms with Gasteiger partial charge in [0.2, 0.25) is 0 Å². The molecule has 2 heterocycles. The molecule has 0 aliphatic carbocycles. The van der Waals surface area contributed by atoms with Gasteiger partial charge in [-0.3, -0.25) is 0 Å². The van der Waals surface area contributed by atoms with E-state index in [4.69, 9.17) is 10.5 Å². The second-order valence-electron chi connectivity index (χ2n) is 5.53. The second kappa shape index (κ2) is 5.99. The number of ether oxygens (including phenoxy) is 1. The van der Waals surface area contributed by atoms with Crippen molar-refractivity contribution in [1.82, 2.24) is 4.90 Å². The lowest BCUT2D eigenvalue weighted by Gasteiger charge is -2.23. The monoisotopic (exact) mass is 226 g/mol. The van der Waals surface area contributed by atoms with Crippen molar-refractivity contribution < 1.29 is 4.74 Å². The van der Waals surface area contributed by atoms with Gasteiger partial charge in [-0.2, -0.15) is 0 Å². The summed E-state index contributed by atoms with van der Waals surface area (Å²) in [6.07, 6.45) is 7.24. The minimum atomic E-state index is 0.330. The van der Waals surface area contributed by atoms with E-state index in [0.29, 0.717) is 18.8 Å². The Bertz CT molecular complexity index is 210. The molecule has 2 rings (SSSR count). The molecule has 0 aromatic heterocycles. The summed E-state index contributed by atoms with van der Waals surface area (Å²) in [6, 6.07) is 0. The third-order valence-electron chi connectivity index (χ3n) is 4.03. The molecule has 16 heavy (non-hydrogen) atoms. The Kier molecular flexibility index (Phi) is 4.62. The molecule has 2 N–H and O–H groups in total. The Labute approximate surface area is 99.3 Å². The molecule has 2 saturated heterocycles. The first-order valence-corrected chi connectivity index (χ1v) is 6.86. The highest BCUT2D eigenvalue weighted by atomic mass is 16.5. The maximum atomic E-state index is 5.91. The second-order valence-corrected chi connectivity index (χ2v) is 5.53. The highest BCUT2D eigenvalue weighted by Gasteiger charge is 2.26. The van der Waals surface area contributed by atoms with Crippen molar-refractivity contribution in [3.63, 3.8) is 0 Å². The van der Waals surface area contributed by atoms with Gasteiger partial charge in [-0.25, -0.2) is 0 Å². The summed E-state index contributed by atoms with van der Waals surface area (Å²) in [4.78, 5) is 2.59. The zero-order chi connectivity index (χ0) is 11.4. The van der Waals surface area contributed by atoms with E-state index in [9.17, 15) is 0 Å². The summed E-state index contributed by atoms with van der Waals surface area (Å²) in [5.41, 5.74) is 5.63. The molecular formula is C13H26N2O. The van der Waals surface area contributed by atoms with E-state index in [2.05, 4.69) is 11.8 Å². The Morgan fingerprint density at radius 1 is 1.12 bits per heavy atom. The number of hydrogen-bond donors (Lipinski definition) is 1. The topological polar surface area (TPSA) is 38.5 Å². The van der Waals surface area contributed by atoms with Gasteiger partial charge in [-0.15, -0.1) is 0 Å². The van der Waals surface area contributed by atoms with Crippen LogP contribution in [-0.4, -0.2) is 43.3 Å². The lowest BCUT2D eigenvalue weighted by Crippen LogP contribution is -2.34. The van der Waals surface area contributed by atoms with E-state index >= 15 is 0 Å². The predicted molar refractivity (Wildman–Crippen MR) is 66.4 cm³/mol. The van der Waals surface area contributed by atoms with Crippen LogP contribution in [0.15, 0.2) is 0 Å². The first kappa shape index (κ1) is 12.3. The molecule has 0 aromatic carbocycles. The first-order valence-electron chi connectivity index (χ1n) is 6.86. The molecule has 0 aromatic rings. The quantitative estimate of drug-likeness (QED) is 0.794. The van der Waals surface area contributed by atoms with Crippen LogP contribution in [0.5, 0.6) is 0 Å². The molecule has 0 radical (unpaired) electrons. The minimum Gasteiger partial charge on any atom is -0.372 e. The fourth-order valence-corrected chi connectivity index (χ4v) is 2.88. The summed E-state index contributed by atoms with van der Waals surface area (Å²) in [7, 11) is 0. The maximum Gasteiger partial charge on any atom is 0.0707 e. The van der Waals surface area contributed by atoms with E-state index < -0.39 is 0 Å². The molecule has 2 fully saturated rings. The zero-order valence-corrected chi connectivity index (χ0v) is 10.5. The van der Waals surface area contributed by atoms with Crippen LogP contribution in [0.1, 0.15) is 39.0 Å². The average molecular weight is 226 g/mol. The van der Waals surface area contributed by atoms with E-state index in [1.165, 1.54) is 38.8 Å². The Morgan fingerprint density at radius 3 is 2.69 bits per heavy atom. The summed E-state index contributed by atoms with van der Waals surface area (Å²) in [6.45, 7) is 6.71. The van der Waals surface area contributed by atoms with Crippen molar-refractivity contribution >= 4 is 0 Å². The Balaban J connectivity index is 1.72. The van der Waals surface area contributed by atoms with Gasteiger partial charge in [0.05, 0.1) is 12.2 Å². The van der Waals surface area contributed by atoms with Gasteiger partial charge in [-0.05, 0) is 51.1 Å². The predicted octanol–water partition coefficient (Wildman–Crippen LogP) is 1.61. The SMILES string of the molecule is CC1CCCN(CC2CCC(CN)O2)CC1. The van der Waals surface area contributed by atoms with Crippen LogP contribution in [0.3, 0.4) is 0 Å². The summed E-state index contributed by atoms with van der Waals surface area (Å²) in [5, 5.41) is 0. The fourth-order valence-electron chi connectivity index (χ4n) is 2.88. The van der Waals surface area contributed by atoms with E-state index in [-0.39, 0.29) is 0 Å². The summed E-state index contributed by atoms with van der Waals surface area (Å²) in [5.74, 6) is 0.909.